The largest absolute Gasteiger partial charge is 0.323 e. The number of amides is 1. The van der Waals surface area contributed by atoms with Crippen molar-refractivity contribution in [3.63, 3.8) is 0 Å². The summed E-state index contributed by atoms with van der Waals surface area (Å²) in [4.78, 5) is 14.6. The molecule has 0 radical (unpaired) electrons. The van der Waals surface area contributed by atoms with E-state index in [0.717, 1.165) is 12.8 Å². The van der Waals surface area contributed by atoms with Crippen LogP contribution in [0.2, 0.25) is 0 Å². The van der Waals surface area contributed by atoms with E-state index < -0.39 is 9.84 Å². The number of nitrogens with one attached hydrogen (secondary N) is 1. The van der Waals surface area contributed by atoms with E-state index in [2.05, 4.69) is 26.1 Å². The number of carbonyl (C=O) groups is 1. The second-order valence-electron chi connectivity index (χ2n) is 6.08. The topological polar surface area (TPSA) is 66.5 Å². The minimum atomic E-state index is -2.88. The van der Waals surface area contributed by atoms with E-state index in [0.29, 0.717) is 18.8 Å². The highest BCUT2D eigenvalue weighted by molar-refractivity contribution is 7.91. The van der Waals surface area contributed by atoms with Gasteiger partial charge in [0, 0.05) is 6.04 Å². The average molecular weight is 302 g/mol. The van der Waals surface area contributed by atoms with Gasteiger partial charge in [-0.15, -0.1) is 0 Å². The molecule has 2 saturated heterocycles. The summed E-state index contributed by atoms with van der Waals surface area (Å²) in [5.74, 6) is 0.905. The third kappa shape index (κ3) is 3.01. The molecule has 6 heteroatoms. The van der Waals surface area contributed by atoms with Crippen LogP contribution in [-0.4, -0.2) is 49.0 Å². The van der Waals surface area contributed by atoms with E-state index in [4.69, 9.17) is 0 Å². The van der Waals surface area contributed by atoms with E-state index in [9.17, 15) is 13.2 Å². The maximum Gasteiger partial charge on any atom is 0.241 e. The number of hydrogen-bond acceptors (Lipinski definition) is 4. The number of hydrogen-bond donors (Lipinski definition) is 1. The Morgan fingerprint density at radius 2 is 1.90 bits per heavy atom. The van der Waals surface area contributed by atoms with Crippen LogP contribution >= 0.6 is 0 Å². The zero-order valence-electron chi connectivity index (χ0n) is 12.6. The number of carbonyl (C=O) groups excluding carboxylic acids is 1. The monoisotopic (exact) mass is 302 g/mol. The van der Waals surface area contributed by atoms with Crippen molar-refractivity contribution in [2.45, 2.75) is 64.7 Å². The second kappa shape index (κ2) is 6.02. The third-order valence-corrected chi connectivity index (χ3v) is 6.46. The lowest BCUT2D eigenvalue weighted by atomic mass is 9.99. The summed E-state index contributed by atoms with van der Waals surface area (Å²) < 4.78 is 23.1. The first-order valence-electron chi connectivity index (χ1n) is 7.68. The molecule has 0 aromatic rings. The molecule has 2 aliphatic heterocycles. The van der Waals surface area contributed by atoms with Crippen molar-refractivity contribution in [3.05, 3.63) is 0 Å². The van der Waals surface area contributed by atoms with Crippen molar-refractivity contribution in [2.24, 2.45) is 5.92 Å². The first-order chi connectivity index (χ1) is 9.39. The molecule has 3 atom stereocenters. The molecule has 20 heavy (non-hydrogen) atoms. The Bertz CT molecular complexity index is 449. The lowest BCUT2D eigenvalue weighted by Crippen LogP contribution is -2.47. The van der Waals surface area contributed by atoms with Crippen LogP contribution in [0.15, 0.2) is 0 Å². The summed E-state index contributed by atoms with van der Waals surface area (Å²) in [5, 5.41) is 3.44. The molecule has 2 aliphatic rings. The highest BCUT2D eigenvalue weighted by Crippen LogP contribution is 2.28. The van der Waals surface area contributed by atoms with Crippen LogP contribution < -0.4 is 5.32 Å². The highest BCUT2D eigenvalue weighted by atomic mass is 32.2. The van der Waals surface area contributed by atoms with Gasteiger partial charge < -0.3 is 4.90 Å². The van der Waals surface area contributed by atoms with E-state index in [-0.39, 0.29) is 35.7 Å². The van der Waals surface area contributed by atoms with Crippen LogP contribution in [0.25, 0.3) is 0 Å². The molecule has 0 bridgehead atoms. The van der Waals surface area contributed by atoms with Crippen LogP contribution in [0.1, 0.15) is 46.5 Å². The Hall–Kier alpha value is -0.620. The van der Waals surface area contributed by atoms with E-state index in [1.54, 1.807) is 0 Å². The van der Waals surface area contributed by atoms with E-state index in [1.807, 2.05) is 4.90 Å². The molecule has 2 rings (SSSR count). The predicted octanol–water partition coefficient (Wildman–Crippen LogP) is 1.15. The predicted molar refractivity (Wildman–Crippen MR) is 79.0 cm³/mol. The minimum absolute atomic E-state index is 0.0623. The lowest BCUT2D eigenvalue weighted by molar-refractivity contribution is -0.133. The molecular formula is C14H26N2O3S. The molecule has 0 aromatic heterocycles. The zero-order chi connectivity index (χ0) is 14.9. The van der Waals surface area contributed by atoms with Gasteiger partial charge in [0.1, 0.15) is 9.84 Å². The Labute approximate surface area is 122 Å². The molecule has 1 N–H and O–H groups in total. The van der Waals surface area contributed by atoms with Crippen molar-refractivity contribution < 1.29 is 13.2 Å². The normalized spacial score (nSPS) is 32.5. The van der Waals surface area contributed by atoms with Crippen LogP contribution in [0.3, 0.4) is 0 Å². The Balaban J connectivity index is 2.11. The second-order valence-corrected chi connectivity index (χ2v) is 8.39. The highest BCUT2D eigenvalue weighted by Gasteiger charge is 2.44. The molecule has 0 aromatic carbocycles. The molecule has 3 unspecified atom stereocenters. The van der Waals surface area contributed by atoms with E-state index >= 15 is 0 Å². The van der Waals surface area contributed by atoms with Crippen molar-refractivity contribution in [2.75, 3.05) is 11.5 Å². The third-order valence-electron chi connectivity index (χ3n) is 4.75. The number of sulfone groups is 1. The fraction of sp³-hybridized carbons (Fsp3) is 0.929. The first-order valence-corrected chi connectivity index (χ1v) is 9.50. The summed E-state index contributed by atoms with van der Waals surface area (Å²) in [7, 11) is -2.88. The summed E-state index contributed by atoms with van der Waals surface area (Å²) in [6.07, 6.45) is 3.06. The molecule has 2 heterocycles. The van der Waals surface area contributed by atoms with Gasteiger partial charge in [0.25, 0.3) is 0 Å². The molecule has 2 fully saturated rings. The maximum atomic E-state index is 12.6. The van der Waals surface area contributed by atoms with Gasteiger partial charge in [0.15, 0.2) is 0 Å². The standard InChI is InChI=1S/C14H26N2O3S/c1-4-10(3)13-14(17)16(12(5-2)15-13)11-6-8-20(18,19)9-7-11/h10-13,15H,4-9H2,1-3H3. The molecule has 0 saturated carbocycles. The zero-order valence-corrected chi connectivity index (χ0v) is 13.4. The van der Waals surface area contributed by atoms with Crippen LogP contribution in [0.4, 0.5) is 0 Å². The Kier molecular flexibility index (Phi) is 4.74. The molecule has 5 nitrogen and oxygen atoms in total. The van der Waals surface area contributed by atoms with Gasteiger partial charge in [0.05, 0.1) is 23.7 Å². The molecule has 116 valence electrons. The summed E-state index contributed by atoms with van der Waals surface area (Å²) in [6, 6.07) is -0.0268. The van der Waals surface area contributed by atoms with Crippen molar-refractivity contribution in [1.29, 1.82) is 0 Å². The fourth-order valence-corrected chi connectivity index (χ4v) is 4.69. The van der Waals surface area contributed by atoms with Crippen molar-refractivity contribution in [3.8, 4) is 0 Å². The fourth-order valence-electron chi connectivity index (χ4n) is 3.22. The van der Waals surface area contributed by atoms with Gasteiger partial charge >= 0.3 is 0 Å². The molecule has 1 amide bonds. The van der Waals surface area contributed by atoms with Crippen molar-refractivity contribution in [1.82, 2.24) is 10.2 Å². The van der Waals surface area contributed by atoms with Crippen LogP contribution in [0, 0.1) is 5.92 Å². The van der Waals surface area contributed by atoms with Gasteiger partial charge in [0.2, 0.25) is 5.91 Å². The first kappa shape index (κ1) is 15.8. The molecule has 0 spiro atoms. The van der Waals surface area contributed by atoms with Gasteiger partial charge in [-0.1, -0.05) is 27.2 Å². The molecular weight excluding hydrogens is 276 g/mol. The lowest BCUT2D eigenvalue weighted by Gasteiger charge is -2.34. The van der Waals surface area contributed by atoms with Gasteiger partial charge in [-0.3, -0.25) is 10.1 Å². The summed E-state index contributed by atoms with van der Waals surface area (Å²) in [6.45, 7) is 6.25. The van der Waals surface area contributed by atoms with Gasteiger partial charge in [-0.2, -0.15) is 0 Å². The smallest absolute Gasteiger partial charge is 0.241 e. The van der Waals surface area contributed by atoms with Gasteiger partial charge in [-0.05, 0) is 25.2 Å². The van der Waals surface area contributed by atoms with Crippen molar-refractivity contribution >= 4 is 15.7 Å². The SMILES string of the molecule is CCC(C)C1NC(CC)N(C2CCS(=O)(=O)CC2)C1=O. The number of rotatable bonds is 4. The number of nitrogens with zero attached hydrogens (tertiary/aromatic N) is 1. The summed E-state index contributed by atoms with van der Waals surface area (Å²) >= 11 is 0. The Morgan fingerprint density at radius 3 is 2.40 bits per heavy atom. The van der Waals surface area contributed by atoms with Crippen LogP contribution in [-0.2, 0) is 14.6 Å². The van der Waals surface area contributed by atoms with Crippen LogP contribution in [0.5, 0.6) is 0 Å². The quantitative estimate of drug-likeness (QED) is 0.846. The average Bonchev–Trinajstić information content (AvgIpc) is 2.75. The Morgan fingerprint density at radius 1 is 1.30 bits per heavy atom. The molecule has 0 aliphatic carbocycles. The summed E-state index contributed by atoms with van der Waals surface area (Å²) in [5.41, 5.74) is 0. The van der Waals surface area contributed by atoms with Gasteiger partial charge in [-0.25, -0.2) is 8.42 Å². The minimum Gasteiger partial charge on any atom is -0.323 e. The van der Waals surface area contributed by atoms with E-state index in [1.165, 1.54) is 0 Å². The maximum absolute atomic E-state index is 12.6.